The van der Waals surface area contributed by atoms with Gasteiger partial charge in [0.2, 0.25) is 5.91 Å². The highest BCUT2D eigenvalue weighted by molar-refractivity contribution is 5.77. The SMILES string of the molecule is Cc1ccccc1CCC(=O)N(C)C#N. The summed E-state index contributed by atoms with van der Waals surface area (Å²) in [5, 5.41) is 8.51. The van der Waals surface area contributed by atoms with Crippen LogP contribution >= 0.6 is 0 Å². The maximum Gasteiger partial charge on any atom is 0.235 e. The van der Waals surface area contributed by atoms with Crippen molar-refractivity contribution in [3.05, 3.63) is 35.4 Å². The van der Waals surface area contributed by atoms with Crippen molar-refractivity contribution in [3.8, 4) is 6.19 Å². The molecule has 78 valence electrons. The molecule has 0 spiro atoms. The molecule has 0 unspecified atom stereocenters. The van der Waals surface area contributed by atoms with Crippen LogP contribution in [0.25, 0.3) is 0 Å². The van der Waals surface area contributed by atoms with Crippen molar-refractivity contribution in [3.63, 3.8) is 0 Å². The molecule has 0 aliphatic carbocycles. The number of carbonyl (C=O) groups excluding carboxylic acids is 1. The van der Waals surface area contributed by atoms with Crippen LogP contribution in [0.4, 0.5) is 0 Å². The molecule has 1 rings (SSSR count). The first-order valence-electron chi connectivity index (χ1n) is 4.86. The second kappa shape index (κ2) is 5.16. The average Bonchev–Trinajstić information content (AvgIpc) is 2.26. The van der Waals surface area contributed by atoms with Crippen LogP contribution in [-0.4, -0.2) is 17.9 Å². The van der Waals surface area contributed by atoms with Crippen LogP contribution in [0.1, 0.15) is 17.5 Å². The fourth-order valence-electron chi connectivity index (χ4n) is 1.36. The minimum atomic E-state index is -0.138. The first-order valence-corrected chi connectivity index (χ1v) is 4.86. The lowest BCUT2D eigenvalue weighted by Gasteiger charge is -2.08. The van der Waals surface area contributed by atoms with Crippen LogP contribution < -0.4 is 0 Å². The van der Waals surface area contributed by atoms with Gasteiger partial charge < -0.3 is 0 Å². The third kappa shape index (κ3) is 3.10. The van der Waals surface area contributed by atoms with Crippen molar-refractivity contribution in [2.24, 2.45) is 0 Å². The summed E-state index contributed by atoms with van der Waals surface area (Å²) in [7, 11) is 1.49. The van der Waals surface area contributed by atoms with E-state index in [4.69, 9.17) is 5.26 Å². The zero-order valence-corrected chi connectivity index (χ0v) is 9.03. The molecule has 15 heavy (non-hydrogen) atoms. The lowest BCUT2D eigenvalue weighted by atomic mass is 10.0. The molecule has 0 aliphatic rings. The molecule has 3 heteroatoms. The van der Waals surface area contributed by atoms with E-state index < -0.39 is 0 Å². The monoisotopic (exact) mass is 202 g/mol. The highest BCUT2D eigenvalue weighted by Crippen LogP contribution is 2.09. The quantitative estimate of drug-likeness (QED) is 0.554. The Balaban J connectivity index is 2.55. The van der Waals surface area contributed by atoms with Crippen molar-refractivity contribution in [2.75, 3.05) is 7.05 Å². The summed E-state index contributed by atoms with van der Waals surface area (Å²) >= 11 is 0. The molecule has 0 fully saturated rings. The summed E-state index contributed by atoms with van der Waals surface area (Å²) in [5.41, 5.74) is 2.35. The molecule has 3 nitrogen and oxygen atoms in total. The molecule has 0 atom stereocenters. The molecule has 0 N–H and O–H groups in total. The molecular weight excluding hydrogens is 188 g/mol. The molecule has 0 aromatic heterocycles. The first-order chi connectivity index (χ1) is 7.15. The van der Waals surface area contributed by atoms with Gasteiger partial charge in [-0.2, -0.15) is 5.26 Å². The Morgan fingerprint density at radius 2 is 2.13 bits per heavy atom. The van der Waals surface area contributed by atoms with Crippen molar-refractivity contribution < 1.29 is 4.79 Å². The zero-order chi connectivity index (χ0) is 11.3. The summed E-state index contributed by atoms with van der Waals surface area (Å²) in [6, 6.07) is 7.96. The van der Waals surface area contributed by atoms with Gasteiger partial charge in [-0.15, -0.1) is 0 Å². The average molecular weight is 202 g/mol. The fourth-order valence-corrected chi connectivity index (χ4v) is 1.36. The van der Waals surface area contributed by atoms with Gasteiger partial charge >= 0.3 is 0 Å². The van der Waals surface area contributed by atoms with Crippen LogP contribution in [0.5, 0.6) is 0 Å². The van der Waals surface area contributed by atoms with Crippen molar-refractivity contribution in [1.82, 2.24) is 4.90 Å². The van der Waals surface area contributed by atoms with Crippen LogP contribution in [0.15, 0.2) is 24.3 Å². The van der Waals surface area contributed by atoms with Crippen LogP contribution in [0.3, 0.4) is 0 Å². The molecule has 0 bridgehead atoms. The molecule has 0 saturated heterocycles. The number of rotatable bonds is 3. The van der Waals surface area contributed by atoms with Gasteiger partial charge in [0.1, 0.15) is 0 Å². The largest absolute Gasteiger partial charge is 0.274 e. The number of aryl methyl sites for hydroxylation is 2. The van der Waals surface area contributed by atoms with Gasteiger partial charge in [-0.1, -0.05) is 24.3 Å². The van der Waals surface area contributed by atoms with Gasteiger partial charge in [-0.25, -0.2) is 0 Å². The lowest BCUT2D eigenvalue weighted by Crippen LogP contribution is -2.21. The number of carbonyl (C=O) groups is 1. The standard InChI is InChI=1S/C12H14N2O/c1-10-5-3-4-6-11(10)7-8-12(15)14(2)9-13/h3-6H,7-8H2,1-2H3. The molecule has 0 heterocycles. The van der Waals surface area contributed by atoms with Gasteiger partial charge in [0.25, 0.3) is 0 Å². The highest BCUT2D eigenvalue weighted by Gasteiger charge is 2.08. The zero-order valence-electron chi connectivity index (χ0n) is 9.03. The van der Waals surface area contributed by atoms with E-state index >= 15 is 0 Å². The predicted molar refractivity (Wildman–Crippen MR) is 57.9 cm³/mol. The predicted octanol–water partition coefficient (Wildman–Crippen LogP) is 1.87. The maximum absolute atomic E-state index is 11.4. The van der Waals surface area contributed by atoms with Gasteiger partial charge in [-0.3, -0.25) is 9.69 Å². The van der Waals surface area contributed by atoms with Crippen molar-refractivity contribution in [2.45, 2.75) is 19.8 Å². The summed E-state index contributed by atoms with van der Waals surface area (Å²) in [4.78, 5) is 12.4. The second-order valence-corrected chi connectivity index (χ2v) is 3.48. The number of amides is 1. The Labute approximate surface area is 89.9 Å². The lowest BCUT2D eigenvalue weighted by molar-refractivity contribution is -0.127. The van der Waals surface area contributed by atoms with Gasteiger partial charge in [-0.05, 0) is 24.5 Å². The van der Waals surface area contributed by atoms with Crippen LogP contribution in [0.2, 0.25) is 0 Å². The molecule has 1 aromatic rings. The van der Waals surface area contributed by atoms with E-state index in [9.17, 15) is 4.79 Å². The Hall–Kier alpha value is -1.82. The summed E-state index contributed by atoms with van der Waals surface area (Å²) < 4.78 is 0. The molecule has 0 saturated carbocycles. The summed E-state index contributed by atoms with van der Waals surface area (Å²) in [5.74, 6) is -0.138. The van der Waals surface area contributed by atoms with E-state index in [0.29, 0.717) is 12.8 Å². The Bertz CT molecular complexity index is 393. The van der Waals surface area contributed by atoms with E-state index in [1.54, 1.807) is 6.19 Å². The van der Waals surface area contributed by atoms with E-state index in [0.717, 1.165) is 10.5 Å². The van der Waals surface area contributed by atoms with Gasteiger partial charge in [0.15, 0.2) is 6.19 Å². The van der Waals surface area contributed by atoms with E-state index in [-0.39, 0.29) is 5.91 Å². The van der Waals surface area contributed by atoms with E-state index in [1.807, 2.05) is 31.2 Å². The number of hydrogen-bond donors (Lipinski definition) is 0. The van der Waals surface area contributed by atoms with E-state index in [2.05, 4.69) is 0 Å². The molecular formula is C12H14N2O. The molecule has 0 radical (unpaired) electrons. The Morgan fingerprint density at radius 3 is 2.73 bits per heavy atom. The van der Waals surface area contributed by atoms with Gasteiger partial charge in [0, 0.05) is 13.5 Å². The third-order valence-corrected chi connectivity index (χ3v) is 2.39. The second-order valence-electron chi connectivity index (χ2n) is 3.48. The summed E-state index contributed by atoms with van der Waals surface area (Å²) in [6.45, 7) is 2.02. The van der Waals surface area contributed by atoms with E-state index in [1.165, 1.54) is 12.6 Å². The van der Waals surface area contributed by atoms with Crippen molar-refractivity contribution in [1.29, 1.82) is 5.26 Å². The smallest absolute Gasteiger partial charge is 0.235 e. The van der Waals surface area contributed by atoms with Gasteiger partial charge in [0.05, 0.1) is 0 Å². The number of benzene rings is 1. The summed E-state index contributed by atoms with van der Waals surface area (Å²) in [6.07, 6.45) is 2.88. The third-order valence-electron chi connectivity index (χ3n) is 2.39. The topological polar surface area (TPSA) is 44.1 Å². The fraction of sp³-hybridized carbons (Fsp3) is 0.333. The van der Waals surface area contributed by atoms with Crippen LogP contribution in [0, 0.1) is 18.4 Å². The Kier molecular flexibility index (Phi) is 3.87. The number of nitriles is 1. The normalized spacial score (nSPS) is 9.40. The molecule has 1 amide bonds. The number of hydrogen-bond acceptors (Lipinski definition) is 2. The van der Waals surface area contributed by atoms with Crippen LogP contribution in [-0.2, 0) is 11.2 Å². The highest BCUT2D eigenvalue weighted by atomic mass is 16.2. The number of nitrogens with zero attached hydrogens (tertiary/aromatic N) is 2. The maximum atomic E-state index is 11.4. The molecule has 0 aliphatic heterocycles. The minimum Gasteiger partial charge on any atom is -0.274 e. The Morgan fingerprint density at radius 1 is 1.47 bits per heavy atom. The minimum absolute atomic E-state index is 0.138. The van der Waals surface area contributed by atoms with Crippen molar-refractivity contribution >= 4 is 5.91 Å². The molecule has 1 aromatic carbocycles. The first kappa shape index (κ1) is 11.3.